The summed E-state index contributed by atoms with van der Waals surface area (Å²) in [7, 11) is 2.01. The Morgan fingerprint density at radius 1 is 1.32 bits per heavy atom. The Bertz CT molecular complexity index is 557. The van der Waals surface area contributed by atoms with Crippen LogP contribution in [0.3, 0.4) is 0 Å². The predicted molar refractivity (Wildman–Crippen MR) is 72.9 cm³/mol. The molecule has 1 aliphatic carbocycles. The van der Waals surface area contributed by atoms with Crippen LogP contribution in [0.15, 0.2) is 36.7 Å². The second kappa shape index (κ2) is 5.36. The zero-order valence-electron chi connectivity index (χ0n) is 11.0. The SMILES string of the molecule is CNC1CCc2cc(OCc3ncccn3)ccc21. The number of aromatic nitrogens is 2. The maximum atomic E-state index is 5.74. The van der Waals surface area contributed by atoms with E-state index in [0.29, 0.717) is 18.5 Å². The molecule has 19 heavy (non-hydrogen) atoms. The molecule has 1 unspecified atom stereocenters. The minimum atomic E-state index is 0.412. The first-order chi connectivity index (χ1) is 9.36. The van der Waals surface area contributed by atoms with E-state index in [9.17, 15) is 0 Å². The summed E-state index contributed by atoms with van der Waals surface area (Å²) in [6.07, 6.45) is 5.73. The third kappa shape index (κ3) is 2.58. The van der Waals surface area contributed by atoms with E-state index in [1.165, 1.54) is 11.1 Å². The molecular weight excluding hydrogens is 238 g/mol. The van der Waals surface area contributed by atoms with Crippen LogP contribution in [0.5, 0.6) is 5.75 Å². The highest BCUT2D eigenvalue weighted by molar-refractivity contribution is 5.40. The number of nitrogens with zero attached hydrogens (tertiary/aromatic N) is 2. The lowest BCUT2D eigenvalue weighted by Gasteiger charge is -2.11. The average Bonchev–Trinajstić information content (AvgIpc) is 2.88. The predicted octanol–water partition coefficient (Wildman–Crippen LogP) is 2.26. The van der Waals surface area contributed by atoms with Crippen molar-refractivity contribution in [2.75, 3.05) is 7.05 Å². The lowest BCUT2D eigenvalue weighted by atomic mass is 10.1. The Labute approximate surface area is 112 Å². The van der Waals surface area contributed by atoms with Gasteiger partial charge in [0.05, 0.1) is 0 Å². The molecule has 0 bridgehead atoms. The summed E-state index contributed by atoms with van der Waals surface area (Å²) >= 11 is 0. The molecule has 1 atom stereocenters. The van der Waals surface area contributed by atoms with Crippen LogP contribution in [0.25, 0.3) is 0 Å². The third-order valence-corrected chi connectivity index (χ3v) is 3.53. The van der Waals surface area contributed by atoms with E-state index in [1.54, 1.807) is 18.5 Å². The molecule has 1 N–H and O–H groups in total. The van der Waals surface area contributed by atoms with Crippen LogP contribution in [0.2, 0.25) is 0 Å². The number of aryl methyl sites for hydroxylation is 1. The first-order valence-electron chi connectivity index (χ1n) is 6.55. The summed E-state index contributed by atoms with van der Waals surface area (Å²) in [5.41, 5.74) is 2.77. The molecule has 0 radical (unpaired) electrons. The summed E-state index contributed by atoms with van der Waals surface area (Å²) in [4.78, 5) is 8.29. The van der Waals surface area contributed by atoms with Gasteiger partial charge in [-0.25, -0.2) is 9.97 Å². The molecule has 0 spiro atoms. The van der Waals surface area contributed by atoms with Crippen LogP contribution < -0.4 is 10.1 Å². The highest BCUT2D eigenvalue weighted by Gasteiger charge is 2.21. The van der Waals surface area contributed by atoms with Gasteiger partial charge in [-0.05, 0) is 49.2 Å². The van der Waals surface area contributed by atoms with Crippen molar-refractivity contribution in [2.24, 2.45) is 0 Å². The van der Waals surface area contributed by atoms with Gasteiger partial charge in [-0.3, -0.25) is 0 Å². The quantitative estimate of drug-likeness (QED) is 0.910. The van der Waals surface area contributed by atoms with Crippen molar-refractivity contribution in [3.05, 3.63) is 53.6 Å². The van der Waals surface area contributed by atoms with E-state index in [1.807, 2.05) is 13.1 Å². The molecule has 1 heterocycles. The van der Waals surface area contributed by atoms with E-state index < -0.39 is 0 Å². The Morgan fingerprint density at radius 2 is 2.16 bits per heavy atom. The smallest absolute Gasteiger partial charge is 0.166 e. The first-order valence-corrected chi connectivity index (χ1v) is 6.55. The van der Waals surface area contributed by atoms with Gasteiger partial charge in [0.1, 0.15) is 12.4 Å². The number of ether oxygens (including phenoxy) is 1. The topological polar surface area (TPSA) is 47.0 Å². The van der Waals surface area contributed by atoms with Crippen LogP contribution >= 0.6 is 0 Å². The van der Waals surface area contributed by atoms with E-state index in [4.69, 9.17) is 4.74 Å². The number of hydrogen-bond donors (Lipinski definition) is 1. The molecule has 1 aromatic carbocycles. The maximum absolute atomic E-state index is 5.74. The van der Waals surface area contributed by atoms with E-state index >= 15 is 0 Å². The standard InChI is InChI=1S/C15H17N3O/c1-16-14-6-3-11-9-12(4-5-13(11)14)19-10-15-17-7-2-8-18-15/h2,4-5,7-9,14,16H,3,6,10H2,1H3. The van der Waals surface area contributed by atoms with Gasteiger partial charge >= 0.3 is 0 Å². The molecule has 0 saturated carbocycles. The molecule has 0 amide bonds. The fourth-order valence-corrected chi connectivity index (χ4v) is 2.54. The molecule has 0 aliphatic heterocycles. The second-order valence-corrected chi connectivity index (χ2v) is 4.69. The van der Waals surface area contributed by atoms with Crippen molar-refractivity contribution in [2.45, 2.75) is 25.5 Å². The van der Waals surface area contributed by atoms with Gasteiger partial charge in [-0.2, -0.15) is 0 Å². The lowest BCUT2D eigenvalue weighted by molar-refractivity contribution is 0.295. The van der Waals surface area contributed by atoms with Gasteiger partial charge in [0.25, 0.3) is 0 Å². The molecule has 1 aliphatic rings. The number of hydrogen-bond acceptors (Lipinski definition) is 4. The van der Waals surface area contributed by atoms with Crippen LogP contribution in [0.1, 0.15) is 29.4 Å². The van der Waals surface area contributed by atoms with Gasteiger partial charge < -0.3 is 10.1 Å². The third-order valence-electron chi connectivity index (χ3n) is 3.53. The molecule has 3 rings (SSSR count). The van der Waals surface area contributed by atoms with Crippen LogP contribution in [0.4, 0.5) is 0 Å². The van der Waals surface area contributed by atoms with Crippen molar-refractivity contribution in [1.29, 1.82) is 0 Å². The molecular formula is C15H17N3O. The van der Waals surface area contributed by atoms with Gasteiger partial charge in [0, 0.05) is 18.4 Å². The summed E-state index contributed by atoms with van der Waals surface area (Å²) < 4.78 is 5.74. The molecule has 0 fully saturated rings. The minimum absolute atomic E-state index is 0.412. The monoisotopic (exact) mass is 255 g/mol. The van der Waals surface area contributed by atoms with E-state index in [0.717, 1.165) is 18.6 Å². The van der Waals surface area contributed by atoms with Gasteiger partial charge in [0.2, 0.25) is 0 Å². The number of nitrogens with one attached hydrogen (secondary N) is 1. The average molecular weight is 255 g/mol. The highest BCUT2D eigenvalue weighted by Crippen LogP contribution is 2.33. The van der Waals surface area contributed by atoms with Gasteiger partial charge in [0.15, 0.2) is 5.82 Å². The van der Waals surface area contributed by atoms with Crippen molar-refractivity contribution in [3.8, 4) is 5.75 Å². The fraction of sp³-hybridized carbons (Fsp3) is 0.333. The van der Waals surface area contributed by atoms with Crippen molar-refractivity contribution in [1.82, 2.24) is 15.3 Å². The fourth-order valence-electron chi connectivity index (χ4n) is 2.54. The zero-order valence-corrected chi connectivity index (χ0v) is 11.0. The second-order valence-electron chi connectivity index (χ2n) is 4.69. The molecule has 98 valence electrons. The Hall–Kier alpha value is -1.94. The van der Waals surface area contributed by atoms with Crippen molar-refractivity contribution < 1.29 is 4.74 Å². The Balaban J connectivity index is 1.70. The lowest BCUT2D eigenvalue weighted by Crippen LogP contribution is -2.12. The maximum Gasteiger partial charge on any atom is 0.166 e. The molecule has 1 aromatic heterocycles. The normalized spacial score (nSPS) is 17.2. The van der Waals surface area contributed by atoms with Crippen LogP contribution in [-0.2, 0) is 13.0 Å². The summed E-state index contributed by atoms with van der Waals surface area (Å²) in [5, 5.41) is 3.34. The van der Waals surface area contributed by atoms with Crippen LogP contribution in [0, 0.1) is 0 Å². The van der Waals surface area contributed by atoms with Crippen molar-refractivity contribution in [3.63, 3.8) is 0 Å². The molecule has 2 aromatic rings. The van der Waals surface area contributed by atoms with E-state index in [2.05, 4.69) is 27.4 Å². The number of fused-ring (bicyclic) bond motifs is 1. The van der Waals surface area contributed by atoms with Crippen LogP contribution in [-0.4, -0.2) is 17.0 Å². The summed E-state index contributed by atoms with van der Waals surface area (Å²) in [5.74, 6) is 1.60. The summed E-state index contributed by atoms with van der Waals surface area (Å²) in [6.45, 7) is 0.412. The molecule has 0 saturated heterocycles. The Kier molecular flexibility index (Phi) is 3.42. The van der Waals surface area contributed by atoms with Crippen molar-refractivity contribution >= 4 is 0 Å². The Morgan fingerprint density at radius 3 is 2.95 bits per heavy atom. The number of benzene rings is 1. The highest BCUT2D eigenvalue weighted by atomic mass is 16.5. The largest absolute Gasteiger partial charge is 0.486 e. The minimum Gasteiger partial charge on any atom is -0.486 e. The summed E-state index contributed by atoms with van der Waals surface area (Å²) in [6, 6.07) is 8.61. The molecule has 4 nitrogen and oxygen atoms in total. The first kappa shape index (κ1) is 12.1. The van der Waals surface area contributed by atoms with Gasteiger partial charge in [-0.1, -0.05) is 6.07 Å². The van der Waals surface area contributed by atoms with E-state index in [-0.39, 0.29) is 0 Å². The molecule has 4 heteroatoms. The zero-order chi connectivity index (χ0) is 13.1. The number of rotatable bonds is 4. The van der Waals surface area contributed by atoms with Gasteiger partial charge in [-0.15, -0.1) is 0 Å².